The number of nitrogens with zero attached hydrogens (tertiary/aromatic N) is 1. The van der Waals surface area contributed by atoms with Gasteiger partial charge in [-0.25, -0.2) is 0 Å². The Morgan fingerprint density at radius 1 is 1.12 bits per heavy atom. The third-order valence-corrected chi connectivity index (χ3v) is 5.83. The van der Waals surface area contributed by atoms with Gasteiger partial charge in [-0.05, 0) is 55.6 Å². The molecule has 1 heterocycles. The minimum Gasteiger partial charge on any atom is -0.497 e. The molecule has 1 aliphatic carbocycles. The Morgan fingerprint density at radius 2 is 1.85 bits per heavy atom. The normalized spacial score (nSPS) is 21.2. The van der Waals surface area contributed by atoms with Crippen molar-refractivity contribution in [2.75, 3.05) is 20.3 Å². The highest BCUT2D eigenvalue weighted by atomic mass is 32.1. The Kier molecular flexibility index (Phi) is 7.56. The first-order valence-electron chi connectivity index (χ1n) is 10.0. The molecular weight excluding hydrogens is 344 g/mol. The summed E-state index contributed by atoms with van der Waals surface area (Å²) in [5, 5.41) is 4.53. The van der Waals surface area contributed by atoms with Crippen LogP contribution in [-0.4, -0.2) is 42.4 Å². The summed E-state index contributed by atoms with van der Waals surface area (Å²) in [7, 11) is 1.70. The molecule has 2 aliphatic rings. The van der Waals surface area contributed by atoms with Crippen LogP contribution in [0, 0.1) is 0 Å². The largest absolute Gasteiger partial charge is 0.497 e. The van der Waals surface area contributed by atoms with Gasteiger partial charge in [0, 0.05) is 25.7 Å². The number of thiocarbonyl (C=S) groups is 1. The van der Waals surface area contributed by atoms with Gasteiger partial charge in [-0.1, -0.05) is 37.8 Å². The van der Waals surface area contributed by atoms with Gasteiger partial charge < -0.3 is 19.7 Å². The molecule has 3 rings (SSSR count). The number of ether oxygens (including phenoxy) is 2. The maximum Gasteiger partial charge on any atom is 0.169 e. The summed E-state index contributed by atoms with van der Waals surface area (Å²) >= 11 is 5.82. The summed E-state index contributed by atoms with van der Waals surface area (Å²) in [6.07, 6.45) is 10.4. The summed E-state index contributed by atoms with van der Waals surface area (Å²) in [5.74, 6) is 0.888. The van der Waals surface area contributed by atoms with E-state index >= 15 is 0 Å². The van der Waals surface area contributed by atoms with Crippen molar-refractivity contribution in [1.29, 1.82) is 0 Å². The molecule has 0 spiro atoms. The van der Waals surface area contributed by atoms with Gasteiger partial charge >= 0.3 is 0 Å². The van der Waals surface area contributed by atoms with Gasteiger partial charge in [-0.15, -0.1) is 0 Å². The second-order valence-electron chi connectivity index (χ2n) is 7.50. The maximum atomic E-state index is 5.87. The second-order valence-corrected chi connectivity index (χ2v) is 7.89. The van der Waals surface area contributed by atoms with Crippen molar-refractivity contribution in [3.63, 3.8) is 0 Å². The van der Waals surface area contributed by atoms with E-state index in [1.54, 1.807) is 7.11 Å². The van der Waals surface area contributed by atoms with E-state index in [9.17, 15) is 0 Å². The monoisotopic (exact) mass is 376 g/mol. The molecule has 0 unspecified atom stereocenters. The predicted molar refractivity (Wildman–Crippen MR) is 110 cm³/mol. The van der Waals surface area contributed by atoms with E-state index < -0.39 is 0 Å². The number of rotatable bonds is 6. The Morgan fingerprint density at radius 3 is 2.46 bits per heavy atom. The SMILES string of the molecule is COc1ccc(CN(C[C@@H]2CCCO2)C(=S)NC2CCCCCC2)cc1. The first-order chi connectivity index (χ1) is 12.7. The van der Waals surface area contributed by atoms with E-state index in [0.717, 1.165) is 43.4 Å². The van der Waals surface area contributed by atoms with E-state index in [-0.39, 0.29) is 0 Å². The lowest BCUT2D eigenvalue weighted by molar-refractivity contribution is 0.0895. The highest BCUT2D eigenvalue weighted by Gasteiger charge is 2.23. The lowest BCUT2D eigenvalue weighted by Crippen LogP contribution is -2.46. The topological polar surface area (TPSA) is 33.7 Å². The van der Waals surface area contributed by atoms with Gasteiger partial charge in [0.2, 0.25) is 0 Å². The zero-order chi connectivity index (χ0) is 18.2. The Bertz CT molecular complexity index is 550. The van der Waals surface area contributed by atoms with Gasteiger partial charge in [-0.3, -0.25) is 0 Å². The van der Waals surface area contributed by atoms with Crippen molar-refractivity contribution in [2.24, 2.45) is 0 Å². The van der Waals surface area contributed by atoms with Gasteiger partial charge in [0.15, 0.2) is 5.11 Å². The van der Waals surface area contributed by atoms with Crippen LogP contribution in [0.1, 0.15) is 56.9 Å². The van der Waals surface area contributed by atoms with Gasteiger partial charge in [0.1, 0.15) is 5.75 Å². The molecule has 144 valence electrons. The van der Waals surface area contributed by atoms with Crippen LogP contribution in [-0.2, 0) is 11.3 Å². The molecule has 5 heteroatoms. The minimum absolute atomic E-state index is 0.294. The molecule has 1 atom stereocenters. The molecule has 1 saturated carbocycles. The van der Waals surface area contributed by atoms with Crippen molar-refractivity contribution in [2.45, 2.75) is 70.1 Å². The molecule has 0 bridgehead atoms. The van der Waals surface area contributed by atoms with Crippen LogP contribution in [0.25, 0.3) is 0 Å². The van der Waals surface area contributed by atoms with Crippen LogP contribution >= 0.6 is 12.2 Å². The lowest BCUT2D eigenvalue weighted by atomic mass is 10.1. The smallest absolute Gasteiger partial charge is 0.169 e. The zero-order valence-corrected chi connectivity index (χ0v) is 16.7. The molecule has 0 radical (unpaired) electrons. The van der Waals surface area contributed by atoms with Crippen molar-refractivity contribution < 1.29 is 9.47 Å². The fourth-order valence-corrected chi connectivity index (χ4v) is 4.20. The van der Waals surface area contributed by atoms with Crippen molar-refractivity contribution in [1.82, 2.24) is 10.2 Å². The molecule has 1 aromatic carbocycles. The van der Waals surface area contributed by atoms with Crippen LogP contribution in [0.3, 0.4) is 0 Å². The van der Waals surface area contributed by atoms with Crippen molar-refractivity contribution in [3.8, 4) is 5.75 Å². The fraction of sp³-hybridized carbons (Fsp3) is 0.667. The van der Waals surface area contributed by atoms with Crippen molar-refractivity contribution >= 4 is 17.3 Å². The summed E-state index contributed by atoms with van der Waals surface area (Å²) in [6.45, 7) is 2.55. The lowest BCUT2D eigenvalue weighted by Gasteiger charge is -2.31. The van der Waals surface area contributed by atoms with Gasteiger partial charge in [0.25, 0.3) is 0 Å². The molecule has 26 heavy (non-hydrogen) atoms. The summed E-state index contributed by atoms with van der Waals surface area (Å²) < 4.78 is 11.1. The number of nitrogens with one attached hydrogen (secondary N) is 1. The number of hydrogen-bond acceptors (Lipinski definition) is 3. The molecule has 0 amide bonds. The third kappa shape index (κ3) is 5.85. The summed E-state index contributed by atoms with van der Waals surface area (Å²) in [5.41, 5.74) is 1.24. The number of methoxy groups -OCH3 is 1. The van der Waals surface area contributed by atoms with E-state index in [1.807, 2.05) is 12.1 Å². The average Bonchev–Trinajstić information content (AvgIpc) is 3.04. The number of hydrogen-bond donors (Lipinski definition) is 1. The first-order valence-corrected chi connectivity index (χ1v) is 10.5. The Labute approximate surface area is 163 Å². The van der Waals surface area contributed by atoms with Gasteiger partial charge in [-0.2, -0.15) is 0 Å². The van der Waals surface area contributed by atoms with Crippen molar-refractivity contribution in [3.05, 3.63) is 29.8 Å². The zero-order valence-electron chi connectivity index (χ0n) is 15.9. The number of benzene rings is 1. The molecule has 1 aliphatic heterocycles. The minimum atomic E-state index is 0.294. The standard InChI is InChI=1S/C21H32N2O2S/c1-24-19-12-10-17(11-13-19)15-23(16-20-9-6-14-25-20)21(26)22-18-7-4-2-3-5-8-18/h10-13,18,20H,2-9,14-16H2,1H3,(H,22,26)/t20-/m0/s1. The van der Waals surface area contributed by atoms with Crippen LogP contribution in [0.2, 0.25) is 0 Å². The molecular formula is C21H32N2O2S. The Hall–Kier alpha value is -1.33. The predicted octanol–water partition coefficient (Wildman–Crippen LogP) is 4.27. The summed E-state index contributed by atoms with van der Waals surface area (Å²) in [6, 6.07) is 8.79. The second kappa shape index (κ2) is 10.1. The third-order valence-electron chi connectivity index (χ3n) is 5.45. The average molecular weight is 377 g/mol. The molecule has 1 aromatic rings. The summed E-state index contributed by atoms with van der Waals surface area (Å²) in [4.78, 5) is 2.29. The van der Waals surface area contributed by atoms with Crippen LogP contribution in [0.4, 0.5) is 0 Å². The van der Waals surface area contributed by atoms with Gasteiger partial charge in [0.05, 0.1) is 13.2 Å². The van der Waals surface area contributed by atoms with Crippen LogP contribution in [0.5, 0.6) is 5.75 Å². The fourth-order valence-electron chi connectivity index (χ4n) is 3.89. The molecule has 4 nitrogen and oxygen atoms in total. The first kappa shape index (κ1) is 19.4. The quantitative estimate of drug-likeness (QED) is 0.592. The van der Waals surface area contributed by atoms with E-state index in [2.05, 4.69) is 22.3 Å². The maximum absolute atomic E-state index is 5.87. The van der Waals surface area contributed by atoms with E-state index in [4.69, 9.17) is 21.7 Å². The molecule has 2 fully saturated rings. The highest BCUT2D eigenvalue weighted by Crippen LogP contribution is 2.20. The molecule has 1 saturated heterocycles. The highest BCUT2D eigenvalue weighted by molar-refractivity contribution is 7.80. The van der Waals surface area contributed by atoms with Crippen LogP contribution < -0.4 is 10.1 Å². The molecule has 1 N–H and O–H groups in total. The Balaban J connectivity index is 1.63. The van der Waals surface area contributed by atoms with E-state index in [1.165, 1.54) is 44.1 Å². The van der Waals surface area contributed by atoms with E-state index in [0.29, 0.717) is 12.1 Å². The molecule has 0 aromatic heterocycles. The van der Waals surface area contributed by atoms with Crippen LogP contribution in [0.15, 0.2) is 24.3 Å².